The molecule has 0 aliphatic heterocycles. The zero-order valence-corrected chi connectivity index (χ0v) is 9.83. The van der Waals surface area contributed by atoms with E-state index in [2.05, 4.69) is 20.1 Å². The van der Waals surface area contributed by atoms with E-state index in [1.54, 1.807) is 18.5 Å². The minimum Gasteiger partial charge on any atom is -0.481 e. The molecule has 0 aromatic carbocycles. The molecule has 3 rings (SSSR count). The Morgan fingerprint density at radius 2 is 2.28 bits per heavy atom. The van der Waals surface area contributed by atoms with Crippen molar-refractivity contribution in [3.63, 3.8) is 0 Å². The van der Waals surface area contributed by atoms with Crippen LogP contribution in [0.15, 0.2) is 23.8 Å². The largest absolute Gasteiger partial charge is 0.481 e. The van der Waals surface area contributed by atoms with Crippen LogP contribution >= 0.6 is 11.3 Å². The SMILES string of the molecule is O=C(O)Cc1nc2nccc(-c3nccs3)n2n1. The lowest BCUT2D eigenvalue weighted by atomic mass is 10.4. The van der Waals surface area contributed by atoms with Crippen molar-refractivity contribution in [3.8, 4) is 10.7 Å². The molecule has 0 aliphatic carbocycles. The normalized spacial score (nSPS) is 10.9. The maximum absolute atomic E-state index is 10.6. The van der Waals surface area contributed by atoms with Crippen LogP contribution in [0, 0.1) is 0 Å². The summed E-state index contributed by atoms with van der Waals surface area (Å²) in [7, 11) is 0. The standard InChI is InChI=1S/C10H7N5O2S/c16-8(17)5-7-13-10-12-2-1-6(15(10)14-7)9-11-3-4-18-9/h1-4H,5H2,(H,16,17). The van der Waals surface area contributed by atoms with Crippen molar-refractivity contribution in [2.75, 3.05) is 0 Å². The maximum atomic E-state index is 10.6. The van der Waals surface area contributed by atoms with E-state index in [1.165, 1.54) is 15.9 Å². The van der Waals surface area contributed by atoms with Gasteiger partial charge in [0.1, 0.15) is 17.1 Å². The van der Waals surface area contributed by atoms with Gasteiger partial charge in [-0.25, -0.2) is 9.97 Å². The predicted octanol–water partition coefficient (Wildman–Crippen LogP) is 0.875. The summed E-state index contributed by atoms with van der Waals surface area (Å²) in [4.78, 5) is 22.9. The van der Waals surface area contributed by atoms with E-state index < -0.39 is 5.97 Å². The second-order valence-electron chi connectivity index (χ2n) is 3.48. The Labute approximate surface area is 105 Å². The number of aromatic nitrogens is 5. The first kappa shape index (κ1) is 10.8. The molecular weight excluding hydrogens is 254 g/mol. The quantitative estimate of drug-likeness (QED) is 0.752. The van der Waals surface area contributed by atoms with Crippen LogP contribution in [-0.2, 0) is 11.2 Å². The number of thiazole rings is 1. The van der Waals surface area contributed by atoms with E-state index in [0.717, 1.165) is 10.7 Å². The van der Waals surface area contributed by atoms with E-state index in [1.807, 2.05) is 5.38 Å². The van der Waals surface area contributed by atoms with Gasteiger partial charge in [-0.3, -0.25) is 4.79 Å². The molecule has 0 radical (unpaired) electrons. The van der Waals surface area contributed by atoms with Crippen LogP contribution in [0.5, 0.6) is 0 Å². The number of carbonyl (C=O) groups is 1. The van der Waals surface area contributed by atoms with Gasteiger partial charge in [0, 0.05) is 17.8 Å². The molecule has 0 spiro atoms. The number of hydrogen-bond acceptors (Lipinski definition) is 6. The van der Waals surface area contributed by atoms with Crippen LogP contribution in [0.2, 0.25) is 0 Å². The number of aliphatic carboxylic acids is 1. The molecule has 1 N–H and O–H groups in total. The summed E-state index contributed by atoms with van der Waals surface area (Å²) in [6, 6.07) is 1.77. The Balaban J connectivity index is 2.16. The Hall–Kier alpha value is -2.35. The maximum Gasteiger partial charge on any atom is 0.311 e. The third-order valence-electron chi connectivity index (χ3n) is 2.25. The summed E-state index contributed by atoms with van der Waals surface area (Å²) < 4.78 is 1.51. The Morgan fingerprint density at radius 1 is 1.39 bits per heavy atom. The molecule has 0 bridgehead atoms. The van der Waals surface area contributed by atoms with Crippen molar-refractivity contribution in [3.05, 3.63) is 29.7 Å². The zero-order chi connectivity index (χ0) is 12.5. The fraction of sp³-hybridized carbons (Fsp3) is 0.100. The fourth-order valence-corrected chi connectivity index (χ4v) is 2.21. The number of carboxylic acids is 1. The Morgan fingerprint density at radius 3 is 3.00 bits per heavy atom. The molecule has 0 atom stereocenters. The molecule has 0 fully saturated rings. The van der Waals surface area contributed by atoms with E-state index in [0.29, 0.717) is 5.78 Å². The Bertz CT molecular complexity index is 706. The third kappa shape index (κ3) is 1.82. The lowest BCUT2D eigenvalue weighted by molar-refractivity contribution is -0.136. The van der Waals surface area contributed by atoms with Gasteiger partial charge in [0.15, 0.2) is 5.82 Å². The first-order valence-electron chi connectivity index (χ1n) is 5.06. The van der Waals surface area contributed by atoms with Gasteiger partial charge in [-0.1, -0.05) is 0 Å². The summed E-state index contributed by atoms with van der Waals surface area (Å²) in [5.74, 6) is -0.361. The molecular formula is C10H7N5O2S. The molecule has 0 saturated carbocycles. The number of hydrogen-bond donors (Lipinski definition) is 1. The summed E-state index contributed by atoms with van der Waals surface area (Å²) in [5.41, 5.74) is 0.749. The molecule has 3 aromatic rings. The van der Waals surface area contributed by atoms with Crippen LogP contribution in [0.25, 0.3) is 16.5 Å². The number of nitrogens with zero attached hydrogens (tertiary/aromatic N) is 5. The van der Waals surface area contributed by atoms with Crippen LogP contribution < -0.4 is 0 Å². The molecule has 90 valence electrons. The van der Waals surface area contributed by atoms with Gasteiger partial charge in [-0.05, 0) is 6.07 Å². The van der Waals surface area contributed by atoms with Crippen molar-refractivity contribution in [1.82, 2.24) is 24.6 Å². The van der Waals surface area contributed by atoms with Crippen LogP contribution in [-0.4, -0.2) is 35.6 Å². The minimum absolute atomic E-state index is 0.222. The summed E-state index contributed by atoms with van der Waals surface area (Å²) in [6.07, 6.45) is 3.08. The smallest absolute Gasteiger partial charge is 0.311 e. The van der Waals surface area contributed by atoms with Crippen molar-refractivity contribution < 1.29 is 9.90 Å². The van der Waals surface area contributed by atoms with Gasteiger partial charge in [0.2, 0.25) is 0 Å². The van der Waals surface area contributed by atoms with E-state index in [9.17, 15) is 4.79 Å². The highest BCUT2D eigenvalue weighted by Gasteiger charge is 2.13. The summed E-state index contributed by atoms with van der Waals surface area (Å²) >= 11 is 1.47. The van der Waals surface area contributed by atoms with E-state index in [4.69, 9.17) is 5.11 Å². The second-order valence-corrected chi connectivity index (χ2v) is 4.37. The summed E-state index contributed by atoms with van der Waals surface area (Å²) in [6.45, 7) is 0. The van der Waals surface area contributed by atoms with Gasteiger partial charge in [0.25, 0.3) is 5.78 Å². The van der Waals surface area contributed by atoms with Gasteiger partial charge >= 0.3 is 5.97 Å². The number of carboxylic acid groups (broad SMARTS) is 1. The van der Waals surface area contributed by atoms with Gasteiger partial charge < -0.3 is 5.11 Å². The molecule has 0 unspecified atom stereocenters. The molecule has 0 amide bonds. The lowest BCUT2D eigenvalue weighted by Crippen LogP contribution is -2.02. The average Bonchev–Trinajstić information content (AvgIpc) is 2.94. The first-order valence-corrected chi connectivity index (χ1v) is 5.94. The third-order valence-corrected chi connectivity index (χ3v) is 3.04. The van der Waals surface area contributed by atoms with Crippen molar-refractivity contribution >= 4 is 23.1 Å². The second kappa shape index (κ2) is 4.15. The fourth-order valence-electron chi connectivity index (χ4n) is 1.56. The molecule has 3 aromatic heterocycles. The molecule has 0 aliphatic rings. The highest BCUT2D eigenvalue weighted by molar-refractivity contribution is 7.13. The minimum atomic E-state index is -0.971. The molecule has 0 saturated heterocycles. The lowest BCUT2D eigenvalue weighted by Gasteiger charge is -1.97. The monoisotopic (exact) mass is 261 g/mol. The zero-order valence-electron chi connectivity index (χ0n) is 9.02. The molecule has 18 heavy (non-hydrogen) atoms. The predicted molar refractivity (Wildman–Crippen MR) is 63.2 cm³/mol. The van der Waals surface area contributed by atoms with Gasteiger partial charge in [-0.2, -0.15) is 9.50 Å². The molecule has 8 heteroatoms. The number of rotatable bonds is 3. The highest BCUT2D eigenvalue weighted by Crippen LogP contribution is 2.21. The van der Waals surface area contributed by atoms with E-state index >= 15 is 0 Å². The first-order chi connectivity index (χ1) is 8.74. The van der Waals surface area contributed by atoms with Crippen LogP contribution in [0.4, 0.5) is 0 Å². The van der Waals surface area contributed by atoms with E-state index in [-0.39, 0.29) is 12.2 Å². The molecule has 7 nitrogen and oxygen atoms in total. The molecule has 3 heterocycles. The Kier molecular flexibility index (Phi) is 2.49. The van der Waals surface area contributed by atoms with Crippen molar-refractivity contribution in [1.29, 1.82) is 0 Å². The van der Waals surface area contributed by atoms with Crippen LogP contribution in [0.1, 0.15) is 5.82 Å². The van der Waals surface area contributed by atoms with Crippen molar-refractivity contribution in [2.24, 2.45) is 0 Å². The summed E-state index contributed by atoms with van der Waals surface area (Å²) in [5, 5.41) is 15.5. The number of fused-ring (bicyclic) bond motifs is 1. The highest BCUT2D eigenvalue weighted by atomic mass is 32.1. The van der Waals surface area contributed by atoms with Crippen LogP contribution in [0.3, 0.4) is 0 Å². The van der Waals surface area contributed by atoms with Gasteiger partial charge in [-0.15, -0.1) is 16.4 Å². The topological polar surface area (TPSA) is 93.3 Å². The van der Waals surface area contributed by atoms with Crippen molar-refractivity contribution in [2.45, 2.75) is 6.42 Å². The average molecular weight is 261 g/mol. The van der Waals surface area contributed by atoms with Gasteiger partial charge in [0.05, 0.1) is 0 Å².